The molecule has 0 bridgehead atoms. The Morgan fingerprint density at radius 3 is 2.57 bits per heavy atom. The molecule has 1 aliphatic heterocycles. The number of hydrogen-bond acceptors (Lipinski definition) is 6. The highest BCUT2D eigenvalue weighted by molar-refractivity contribution is 6.29. The molecule has 186 valence electrons. The van der Waals surface area contributed by atoms with Crippen molar-refractivity contribution in [1.29, 1.82) is 0 Å². The molecule has 3 heterocycles. The van der Waals surface area contributed by atoms with Crippen molar-refractivity contribution in [3.8, 4) is 0 Å². The van der Waals surface area contributed by atoms with Crippen LogP contribution in [-0.4, -0.2) is 44.6 Å². The first-order chi connectivity index (χ1) is 16.5. The van der Waals surface area contributed by atoms with Gasteiger partial charge < -0.3 is 15.3 Å². The third-order valence-corrected chi connectivity index (χ3v) is 6.42. The Morgan fingerprint density at radius 2 is 1.94 bits per heavy atom. The van der Waals surface area contributed by atoms with Crippen LogP contribution in [0.5, 0.6) is 0 Å². The van der Waals surface area contributed by atoms with E-state index in [0.717, 1.165) is 5.56 Å². The zero-order valence-electron chi connectivity index (χ0n) is 19.6. The molecular formula is C24H26ClF2N5O3. The van der Waals surface area contributed by atoms with E-state index in [1.165, 1.54) is 16.7 Å². The van der Waals surface area contributed by atoms with Gasteiger partial charge in [0.05, 0.1) is 22.6 Å². The van der Waals surface area contributed by atoms with Crippen molar-refractivity contribution in [3.05, 3.63) is 56.6 Å². The number of fused-ring (bicyclic) bond motifs is 1. The van der Waals surface area contributed by atoms with Crippen molar-refractivity contribution < 1.29 is 18.7 Å². The number of benzene rings is 1. The number of nitrogens with zero attached hydrogens (tertiary/aromatic N) is 4. The normalized spacial score (nSPS) is 16.3. The van der Waals surface area contributed by atoms with Crippen LogP contribution < -0.4 is 15.8 Å². The van der Waals surface area contributed by atoms with Crippen molar-refractivity contribution in [2.75, 3.05) is 23.3 Å². The van der Waals surface area contributed by atoms with Crippen LogP contribution in [0, 0.1) is 6.92 Å². The van der Waals surface area contributed by atoms with E-state index < -0.39 is 17.9 Å². The molecule has 4 rings (SSSR count). The van der Waals surface area contributed by atoms with Crippen LogP contribution >= 0.6 is 11.6 Å². The number of pyridine rings is 1. The molecule has 1 aromatic carbocycles. The average Bonchev–Trinajstić information content (AvgIpc) is 2.80. The lowest BCUT2D eigenvalue weighted by molar-refractivity contribution is -0.0223. The molecule has 1 aliphatic rings. The number of nitrogens with one attached hydrogen (secondary N) is 1. The fraction of sp³-hybridized carbons (Fsp3) is 0.417. The van der Waals surface area contributed by atoms with Gasteiger partial charge in [-0.15, -0.1) is 0 Å². The minimum Gasteiger partial charge on any atom is -0.476 e. The fourth-order valence-electron chi connectivity index (χ4n) is 4.41. The summed E-state index contributed by atoms with van der Waals surface area (Å²) >= 11 is 5.87. The quantitative estimate of drug-likeness (QED) is 0.460. The Labute approximate surface area is 205 Å². The van der Waals surface area contributed by atoms with Gasteiger partial charge in [-0.3, -0.25) is 9.36 Å². The number of carboxylic acid groups (broad SMARTS) is 1. The number of aromatic nitrogens is 3. The van der Waals surface area contributed by atoms with Gasteiger partial charge >= 0.3 is 5.97 Å². The minimum absolute atomic E-state index is 0.0557. The molecule has 0 saturated carbocycles. The maximum absolute atomic E-state index is 13.8. The predicted octanol–water partition coefficient (Wildman–Crippen LogP) is 4.88. The van der Waals surface area contributed by atoms with Crippen LogP contribution in [0.3, 0.4) is 0 Å². The molecule has 0 spiro atoms. The number of alkyl halides is 2. The number of rotatable bonds is 6. The molecule has 35 heavy (non-hydrogen) atoms. The topological polar surface area (TPSA) is 100 Å². The van der Waals surface area contributed by atoms with Crippen molar-refractivity contribution in [3.63, 3.8) is 0 Å². The monoisotopic (exact) mass is 505 g/mol. The van der Waals surface area contributed by atoms with Crippen LogP contribution in [0.15, 0.2) is 29.1 Å². The van der Waals surface area contributed by atoms with E-state index in [-0.39, 0.29) is 48.0 Å². The Balaban J connectivity index is 1.82. The summed E-state index contributed by atoms with van der Waals surface area (Å²) in [4.78, 5) is 35.5. The molecule has 1 atom stereocenters. The summed E-state index contributed by atoms with van der Waals surface area (Å²) in [5.41, 5.74) is 1.75. The zero-order valence-corrected chi connectivity index (χ0v) is 20.4. The Kier molecular flexibility index (Phi) is 6.68. The van der Waals surface area contributed by atoms with E-state index in [4.69, 9.17) is 16.6 Å². The second-order valence-electron chi connectivity index (χ2n) is 8.76. The van der Waals surface area contributed by atoms with Crippen molar-refractivity contribution >= 4 is 40.1 Å². The lowest BCUT2D eigenvalue weighted by atomic mass is 10.0. The number of halogens is 3. The third-order valence-electron chi connectivity index (χ3n) is 6.21. The zero-order chi connectivity index (χ0) is 25.5. The number of aromatic carboxylic acids is 1. The first-order valence-corrected chi connectivity index (χ1v) is 11.7. The van der Waals surface area contributed by atoms with Crippen LogP contribution in [0.2, 0.25) is 5.15 Å². The smallest absolute Gasteiger partial charge is 0.356 e. The van der Waals surface area contributed by atoms with Crippen LogP contribution in [0.1, 0.15) is 54.3 Å². The summed E-state index contributed by atoms with van der Waals surface area (Å²) in [6.07, 6.45) is -0.601. The number of aryl methyl sites for hydroxylation is 1. The molecule has 2 N–H and O–H groups in total. The number of carbonyl (C=O) groups is 1. The lowest BCUT2D eigenvalue weighted by Gasteiger charge is -2.33. The number of anilines is 2. The van der Waals surface area contributed by atoms with Gasteiger partial charge in [0.2, 0.25) is 5.95 Å². The summed E-state index contributed by atoms with van der Waals surface area (Å²) < 4.78 is 29.0. The van der Waals surface area contributed by atoms with Crippen LogP contribution in [0.4, 0.5) is 20.4 Å². The SMILES string of the molecule is CCn1c(N2CCC(F)(F)CC2)nc2c([C@H](C)Nc3ccc(Cl)nc3C(=O)O)cc(C)cc2c1=O. The average molecular weight is 506 g/mol. The highest BCUT2D eigenvalue weighted by Gasteiger charge is 2.35. The first-order valence-electron chi connectivity index (χ1n) is 11.3. The summed E-state index contributed by atoms with van der Waals surface area (Å²) in [5.74, 6) is -3.60. The van der Waals surface area contributed by atoms with Crippen molar-refractivity contribution in [2.24, 2.45) is 0 Å². The Bertz CT molecular complexity index is 1350. The lowest BCUT2D eigenvalue weighted by Crippen LogP contribution is -2.42. The second kappa shape index (κ2) is 9.41. The number of piperidine rings is 1. The van der Waals surface area contributed by atoms with E-state index in [1.807, 2.05) is 26.8 Å². The molecule has 1 fully saturated rings. The van der Waals surface area contributed by atoms with Gasteiger partial charge in [0.15, 0.2) is 5.69 Å². The van der Waals surface area contributed by atoms with E-state index >= 15 is 0 Å². The van der Waals surface area contributed by atoms with E-state index in [2.05, 4.69) is 10.3 Å². The van der Waals surface area contributed by atoms with E-state index in [9.17, 15) is 23.5 Å². The highest BCUT2D eigenvalue weighted by atomic mass is 35.5. The van der Waals surface area contributed by atoms with Gasteiger partial charge in [-0.2, -0.15) is 0 Å². The molecule has 0 amide bonds. The predicted molar refractivity (Wildman–Crippen MR) is 131 cm³/mol. The molecule has 2 aromatic heterocycles. The van der Waals surface area contributed by atoms with Crippen LogP contribution in [-0.2, 0) is 6.54 Å². The molecule has 0 unspecified atom stereocenters. The fourth-order valence-corrected chi connectivity index (χ4v) is 4.55. The number of hydrogen-bond donors (Lipinski definition) is 2. The van der Waals surface area contributed by atoms with Crippen molar-refractivity contribution in [2.45, 2.75) is 52.1 Å². The van der Waals surface area contributed by atoms with Gasteiger partial charge in [0.1, 0.15) is 5.15 Å². The highest BCUT2D eigenvalue weighted by Crippen LogP contribution is 2.32. The Hall–Kier alpha value is -3.27. The van der Waals surface area contributed by atoms with Crippen LogP contribution in [0.25, 0.3) is 10.9 Å². The van der Waals surface area contributed by atoms with Gasteiger partial charge in [-0.1, -0.05) is 17.7 Å². The second-order valence-corrected chi connectivity index (χ2v) is 9.14. The molecule has 0 radical (unpaired) electrons. The van der Waals surface area contributed by atoms with Gasteiger partial charge in [-0.25, -0.2) is 23.5 Å². The molecule has 1 saturated heterocycles. The molecule has 11 heteroatoms. The molecule has 3 aromatic rings. The van der Waals surface area contributed by atoms with Gasteiger partial charge in [0.25, 0.3) is 11.5 Å². The third kappa shape index (κ3) is 4.93. The summed E-state index contributed by atoms with van der Waals surface area (Å²) in [5, 5.41) is 13.1. The maximum Gasteiger partial charge on any atom is 0.356 e. The van der Waals surface area contributed by atoms with Gasteiger partial charge in [0, 0.05) is 38.0 Å². The summed E-state index contributed by atoms with van der Waals surface area (Å²) in [6.45, 7) is 6.04. The molecule has 0 aliphatic carbocycles. The van der Waals surface area contributed by atoms with Crippen molar-refractivity contribution in [1.82, 2.24) is 14.5 Å². The van der Waals surface area contributed by atoms with Gasteiger partial charge in [-0.05, 0) is 44.5 Å². The number of carboxylic acids is 1. The summed E-state index contributed by atoms with van der Waals surface area (Å²) in [7, 11) is 0. The van der Waals surface area contributed by atoms with E-state index in [1.54, 1.807) is 11.0 Å². The molecule has 8 nitrogen and oxygen atoms in total. The minimum atomic E-state index is -2.72. The largest absolute Gasteiger partial charge is 0.476 e. The Morgan fingerprint density at radius 1 is 1.26 bits per heavy atom. The maximum atomic E-state index is 13.8. The molecular weight excluding hydrogens is 480 g/mol. The summed E-state index contributed by atoms with van der Waals surface area (Å²) in [6, 6.07) is 6.19. The van der Waals surface area contributed by atoms with E-state index in [0.29, 0.717) is 29.0 Å². The standard InChI is InChI=1S/C24H26ClF2N5O3/c1-4-32-21(33)16-12-13(2)11-15(14(3)28-17-5-6-18(25)29-20(17)22(34)35)19(16)30-23(32)31-9-7-24(26,27)8-10-31/h5-6,11-12,14,28H,4,7-10H2,1-3H3,(H,34,35)/t14-/m0/s1. The first kappa shape index (κ1) is 24.8.